The van der Waals surface area contributed by atoms with Crippen LogP contribution in [-0.2, 0) is 4.74 Å². The van der Waals surface area contributed by atoms with Gasteiger partial charge in [0.15, 0.2) is 6.79 Å². The van der Waals surface area contributed by atoms with E-state index in [4.69, 9.17) is 9.47 Å². The minimum absolute atomic E-state index is 0.190. The van der Waals surface area contributed by atoms with Crippen LogP contribution >= 0.6 is 31.9 Å². The Labute approximate surface area is 169 Å². The molecular formula is C22H16Br2O2. The first-order valence-electron chi connectivity index (χ1n) is 8.20. The van der Waals surface area contributed by atoms with Crippen molar-refractivity contribution in [3.05, 3.63) is 75.7 Å². The number of hydrogen-bond acceptors (Lipinski definition) is 2. The van der Waals surface area contributed by atoms with Gasteiger partial charge in [-0.05, 0) is 61.2 Å². The van der Waals surface area contributed by atoms with E-state index in [0.717, 1.165) is 36.6 Å². The Balaban J connectivity index is 2.13. The molecule has 0 amide bonds. The lowest BCUT2D eigenvalue weighted by Gasteiger charge is -2.18. The Bertz CT molecular complexity index is 1110. The smallest absolute Gasteiger partial charge is 0.188 e. The Kier molecular flexibility index (Phi) is 4.98. The highest BCUT2D eigenvalue weighted by Crippen LogP contribution is 2.45. The van der Waals surface area contributed by atoms with Gasteiger partial charge in [-0.25, -0.2) is 0 Å². The van der Waals surface area contributed by atoms with Gasteiger partial charge in [0, 0.05) is 17.1 Å². The van der Waals surface area contributed by atoms with Gasteiger partial charge in [-0.1, -0.05) is 64.5 Å². The van der Waals surface area contributed by atoms with Gasteiger partial charge in [0.2, 0.25) is 0 Å². The number of methoxy groups -OCH3 is 1. The van der Waals surface area contributed by atoms with Gasteiger partial charge in [0.1, 0.15) is 5.75 Å². The molecule has 4 rings (SSSR count). The van der Waals surface area contributed by atoms with Crippen LogP contribution in [0.15, 0.2) is 75.7 Å². The largest absolute Gasteiger partial charge is 0.466 e. The van der Waals surface area contributed by atoms with E-state index in [1.54, 1.807) is 7.11 Å². The molecule has 2 nitrogen and oxygen atoms in total. The highest BCUT2D eigenvalue weighted by Gasteiger charge is 2.18. The van der Waals surface area contributed by atoms with Crippen molar-refractivity contribution in [1.29, 1.82) is 0 Å². The summed E-state index contributed by atoms with van der Waals surface area (Å²) >= 11 is 7.35. The molecular weight excluding hydrogens is 456 g/mol. The van der Waals surface area contributed by atoms with Crippen LogP contribution in [0, 0.1) is 0 Å². The molecule has 0 aliphatic rings. The van der Waals surface area contributed by atoms with E-state index in [0.29, 0.717) is 0 Å². The first-order valence-corrected chi connectivity index (χ1v) is 9.79. The van der Waals surface area contributed by atoms with Crippen LogP contribution in [0.5, 0.6) is 5.75 Å². The van der Waals surface area contributed by atoms with Crippen molar-refractivity contribution in [2.24, 2.45) is 0 Å². The lowest BCUT2D eigenvalue weighted by atomic mass is 9.93. The fourth-order valence-corrected chi connectivity index (χ4v) is 4.34. The number of benzene rings is 4. The summed E-state index contributed by atoms with van der Waals surface area (Å²) in [5, 5.41) is 4.66. The molecule has 0 fully saturated rings. The van der Waals surface area contributed by atoms with Gasteiger partial charge in [-0.3, -0.25) is 0 Å². The van der Waals surface area contributed by atoms with E-state index in [-0.39, 0.29) is 6.79 Å². The second-order valence-corrected chi connectivity index (χ2v) is 7.78. The highest BCUT2D eigenvalue weighted by molar-refractivity contribution is 9.10. The van der Waals surface area contributed by atoms with Crippen LogP contribution in [-0.4, -0.2) is 13.9 Å². The fraction of sp³-hybridized carbons (Fsp3) is 0.0909. The van der Waals surface area contributed by atoms with Crippen molar-refractivity contribution >= 4 is 53.4 Å². The Hall–Kier alpha value is -1.88. The van der Waals surface area contributed by atoms with Crippen molar-refractivity contribution in [3.8, 4) is 16.9 Å². The average molecular weight is 472 g/mol. The zero-order valence-corrected chi connectivity index (χ0v) is 17.3. The minimum atomic E-state index is 0.190. The molecule has 0 saturated carbocycles. The molecule has 26 heavy (non-hydrogen) atoms. The zero-order valence-electron chi connectivity index (χ0n) is 14.1. The molecule has 0 aliphatic carbocycles. The number of fused-ring (bicyclic) bond motifs is 2. The quantitative estimate of drug-likeness (QED) is 0.294. The summed E-state index contributed by atoms with van der Waals surface area (Å²) < 4.78 is 13.1. The monoisotopic (exact) mass is 470 g/mol. The maximum absolute atomic E-state index is 5.98. The second kappa shape index (κ2) is 7.39. The van der Waals surface area contributed by atoms with Crippen LogP contribution in [0.3, 0.4) is 0 Å². The van der Waals surface area contributed by atoms with E-state index in [2.05, 4.69) is 92.5 Å². The first-order chi connectivity index (χ1) is 12.7. The molecule has 0 bridgehead atoms. The lowest BCUT2D eigenvalue weighted by molar-refractivity contribution is 0.0511. The summed E-state index contributed by atoms with van der Waals surface area (Å²) in [4.78, 5) is 0. The summed E-state index contributed by atoms with van der Waals surface area (Å²) in [5.74, 6) is 0.786. The van der Waals surface area contributed by atoms with Gasteiger partial charge in [-0.15, -0.1) is 0 Å². The lowest BCUT2D eigenvalue weighted by Crippen LogP contribution is -2.02. The molecule has 130 valence electrons. The van der Waals surface area contributed by atoms with E-state index in [1.165, 1.54) is 10.8 Å². The van der Waals surface area contributed by atoms with Crippen molar-refractivity contribution in [3.63, 3.8) is 0 Å². The number of hydrogen-bond donors (Lipinski definition) is 0. The molecule has 0 radical (unpaired) electrons. The normalized spacial score (nSPS) is 11.2. The summed E-state index contributed by atoms with van der Waals surface area (Å²) in [7, 11) is 1.63. The van der Waals surface area contributed by atoms with E-state index >= 15 is 0 Å². The third kappa shape index (κ3) is 3.13. The predicted molar refractivity (Wildman–Crippen MR) is 115 cm³/mol. The highest BCUT2D eigenvalue weighted by atomic mass is 79.9. The second-order valence-electron chi connectivity index (χ2n) is 6.01. The van der Waals surface area contributed by atoms with Crippen LogP contribution in [0.2, 0.25) is 0 Å². The topological polar surface area (TPSA) is 18.5 Å². The number of ether oxygens (including phenoxy) is 2. The molecule has 0 saturated heterocycles. The SMILES string of the molecule is COCOc1c(Br)cc2ccccc2c1-c1cc(Br)cc2ccccc12. The third-order valence-electron chi connectivity index (χ3n) is 4.37. The molecule has 4 aromatic carbocycles. The molecule has 0 aromatic heterocycles. The minimum Gasteiger partial charge on any atom is -0.466 e. The molecule has 4 aromatic rings. The molecule has 0 spiro atoms. The maximum atomic E-state index is 5.98. The van der Waals surface area contributed by atoms with Crippen molar-refractivity contribution in [1.82, 2.24) is 0 Å². The maximum Gasteiger partial charge on any atom is 0.188 e. The summed E-state index contributed by atoms with van der Waals surface area (Å²) in [6.07, 6.45) is 0. The van der Waals surface area contributed by atoms with Crippen molar-refractivity contribution in [2.75, 3.05) is 13.9 Å². The predicted octanol–water partition coefficient (Wildman–Crippen LogP) is 7.17. The molecule has 0 N–H and O–H groups in total. The Morgan fingerprint density at radius 1 is 0.808 bits per heavy atom. The zero-order chi connectivity index (χ0) is 18.1. The summed E-state index contributed by atoms with van der Waals surface area (Å²) in [5.41, 5.74) is 2.18. The number of halogens is 2. The average Bonchev–Trinajstić information content (AvgIpc) is 2.65. The summed E-state index contributed by atoms with van der Waals surface area (Å²) in [6, 6.07) is 23.1. The number of rotatable bonds is 4. The van der Waals surface area contributed by atoms with E-state index < -0.39 is 0 Å². The Morgan fingerprint density at radius 2 is 1.46 bits per heavy atom. The van der Waals surface area contributed by atoms with Gasteiger partial charge >= 0.3 is 0 Å². The first kappa shape index (κ1) is 17.5. The molecule has 4 heteroatoms. The summed E-state index contributed by atoms with van der Waals surface area (Å²) in [6.45, 7) is 0.190. The van der Waals surface area contributed by atoms with Gasteiger partial charge in [0.25, 0.3) is 0 Å². The van der Waals surface area contributed by atoms with Gasteiger partial charge < -0.3 is 9.47 Å². The standard InChI is InChI=1S/C22H16Br2O2/c1-25-13-26-22-20(24)11-15-7-3-5-9-18(15)21(22)19-12-16(23)10-14-6-2-4-8-17(14)19/h2-12H,13H2,1H3. The van der Waals surface area contributed by atoms with Crippen molar-refractivity contribution in [2.45, 2.75) is 0 Å². The van der Waals surface area contributed by atoms with Gasteiger partial charge in [0.05, 0.1) is 4.47 Å². The van der Waals surface area contributed by atoms with E-state index in [9.17, 15) is 0 Å². The third-order valence-corrected chi connectivity index (χ3v) is 5.42. The van der Waals surface area contributed by atoms with Crippen molar-refractivity contribution < 1.29 is 9.47 Å². The van der Waals surface area contributed by atoms with E-state index in [1.807, 2.05) is 6.07 Å². The van der Waals surface area contributed by atoms with Gasteiger partial charge in [-0.2, -0.15) is 0 Å². The van der Waals surface area contributed by atoms with Crippen LogP contribution in [0.4, 0.5) is 0 Å². The molecule has 0 heterocycles. The van der Waals surface area contributed by atoms with Crippen LogP contribution < -0.4 is 4.74 Å². The molecule has 0 unspecified atom stereocenters. The van der Waals surface area contributed by atoms with Crippen LogP contribution in [0.1, 0.15) is 0 Å². The fourth-order valence-electron chi connectivity index (χ4n) is 3.30. The molecule has 0 aliphatic heterocycles. The Morgan fingerprint density at radius 3 is 2.19 bits per heavy atom. The molecule has 0 atom stereocenters. The van der Waals surface area contributed by atoms with Crippen LogP contribution in [0.25, 0.3) is 32.7 Å².